The first kappa shape index (κ1) is 20.8. The van der Waals surface area contributed by atoms with Crippen molar-refractivity contribution in [3.63, 3.8) is 0 Å². The monoisotopic (exact) mass is 439 g/mol. The molecule has 0 atom stereocenters. The molecular formula is C19H14F5N5O2. The number of aliphatic imine (C=N–C) groups is 1. The molecule has 1 fully saturated rings. The van der Waals surface area contributed by atoms with E-state index in [1.807, 2.05) is 0 Å². The summed E-state index contributed by atoms with van der Waals surface area (Å²) in [5, 5.41) is 15.1. The van der Waals surface area contributed by atoms with E-state index in [0.717, 1.165) is 30.8 Å². The van der Waals surface area contributed by atoms with Crippen LogP contribution in [0.5, 0.6) is 0 Å². The molecule has 3 aromatic rings. The van der Waals surface area contributed by atoms with Crippen molar-refractivity contribution in [2.24, 2.45) is 4.99 Å². The van der Waals surface area contributed by atoms with Gasteiger partial charge in [-0.2, -0.15) is 27.1 Å². The second-order valence-electron chi connectivity index (χ2n) is 7.21. The molecule has 0 unspecified atom stereocenters. The number of nitro benzene ring substituents is 1. The number of pyridine rings is 1. The van der Waals surface area contributed by atoms with Crippen LogP contribution in [0.2, 0.25) is 0 Å². The molecule has 1 aliphatic rings. The lowest BCUT2D eigenvalue weighted by Gasteiger charge is -2.19. The highest BCUT2D eigenvalue weighted by molar-refractivity contribution is 5.88. The van der Waals surface area contributed by atoms with E-state index >= 15 is 0 Å². The van der Waals surface area contributed by atoms with E-state index < -0.39 is 23.6 Å². The third-order valence-electron chi connectivity index (χ3n) is 4.91. The molecule has 7 nitrogen and oxygen atoms in total. The Bertz CT molecular complexity index is 1180. The Morgan fingerprint density at radius 1 is 1.19 bits per heavy atom. The van der Waals surface area contributed by atoms with Crippen molar-refractivity contribution in [1.82, 2.24) is 14.8 Å². The van der Waals surface area contributed by atoms with Crippen LogP contribution in [0.3, 0.4) is 0 Å². The summed E-state index contributed by atoms with van der Waals surface area (Å²) < 4.78 is 64.5. The van der Waals surface area contributed by atoms with E-state index in [-0.39, 0.29) is 28.0 Å². The Balaban J connectivity index is 1.61. The van der Waals surface area contributed by atoms with Crippen molar-refractivity contribution in [1.29, 1.82) is 0 Å². The van der Waals surface area contributed by atoms with Gasteiger partial charge in [0.2, 0.25) is 0 Å². The first-order chi connectivity index (χ1) is 14.5. The fourth-order valence-electron chi connectivity index (χ4n) is 3.09. The maximum atomic E-state index is 13.3. The third-order valence-corrected chi connectivity index (χ3v) is 4.91. The van der Waals surface area contributed by atoms with Gasteiger partial charge >= 0.3 is 12.1 Å². The summed E-state index contributed by atoms with van der Waals surface area (Å²) in [6.07, 6.45) is -0.184. The highest BCUT2D eigenvalue weighted by Gasteiger charge is 2.57. The quantitative estimate of drug-likeness (QED) is 0.230. The minimum Gasteiger partial charge on any atom is -0.258 e. The van der Waals surface area contributed by atoms with Crippen molar-refractivity contribution in [2.75, 3.05) is 0 Å². The average molecular weight is 439 g/mol. The van der Waals surface area contributed by atoms with Gasteiger partial charge in [0.25, 0.3) is 5.69 Å². The molecule has 0 saturated heterocycles. The van der Waals surface area contributed by atoms with Crippen LogP contribution in [0.4, 0.5) is 33.5 Å². The van der Waals surface area contributed by atoms with Crippen molar-refractivity contribution >= 4 is 28.6 Å². The number of rotatable bonds is 6. The van der Waals surface area contributed by atoms with E-state index in [1.54, 1.807) is 12.1 Å². The Kier molecular flexibility index (Phi) is 4.94. The zero-order chi connectivity index (χ0) is 22.4. The van der Waals surface area contributed by atoms with Gasteiger partial charge in [0.15, 0.2) is 5.82 Å². The largest absolute Gasteiger partial charge is 0.455 e. The van der Waals surface area contributed by atoms with Crippen LogP contribution in [-0.2, 0) is 6.54 Å². The molecule has 1 saturated carbocycles. The summed E-state index contributed by atoms with van der Waals surface area (Å²) in [5.74, 6) is -4.47. The Morgan fingerprint density at radius 3 is 2.58 bits per heavy atom. The molecule has 0 amide bonds. The zero-order valence-electron chi connectivity index (χ0n) is 15.7. The number of benzene rings is 1. The summed E-state index contributed by atoms with van der Waals surface area (Å²) in [6, 6.07) is 6.16. The molecule has 31 heavy (non-hydrogen) atoms. The standard InChI is InChI=1S/C19H14F5N5O2/c20-18(21,19(22,23)24)10-28-16-9-26-17(6-14(16)8-27-28)25-7-13-5-12(11-1-2-11)3-4-15(13)29(30)31/h3-9,11H,1-2,10H2. The summed E-state index contributed by atoms with van der Waals surface area (Å²) in [6.45, 7) is -1.68. The number of hydrogen-bond donors (Lipinski definition) is 0. The SMILES string of the molecule is O=[N+]([O-])c1ccc(C2CC2)cc1C=Nc1cc2cnn(CC(F)(F)C(F)(F)F)c2cn1. The van der Waals surface area contributed by atoms with Crippen LogP contribution in [0.15, 0.2) is 41.7 Å². The van der Waals surface area contributed by atoms with Gasteiger partial charge in [-0.3, -0.25) is 14.8 Å². The number of hydrogen-bond acceptors (Lipinski definition) is 5. The van der Waals surface area contributed by atoms with Crippen LogP contribution in [0, 0.1) is 10.1 Å². The Labute approximate surface area is 171 Å². The fraction of sp³-hybridized carbons (Fsp3) is 0.316. The number of aromatic nitrogens is 3. The predicted molar refractivity (Wildman–Crippen MR) is 101 cm³/mol. The van der Waals surface area contributed by atoms with E-state index in [4.69, 9.17) is 0 Å². The molecule has 1 aromatic carbocycles. The van der Waals surface area contributed by atoms with Crippen LogP contribution in [0.1, 0.15) is 29.9 Å². The third kappa shape index (κ3) is 4.23. The number of halogens is 5. The zero-order valence-corrected chi connectivity index (χ0v) is 15.7. The molecule has 0 spiro atoms. The van der Waals surface area contributed by atoms with E-state index in [0.29, 0.717) is 10.6 Å². The topological polar surface area (TPSA) is 86.2 Å². The lowest BCUT2D eigenvalue weighted by atomic mass is 10.1. The fourth-order valence-corrected chi connectivity index (χ4v) is 3.09. The maximum absolute atomic E-state index is 13.3. The van der Waals surface area contributed by atoms with Crippen LogP contribution in [-0.4, -0.2) is 38.0 Å². The first-order valence-corrected chi connectivity index (χ1v) is 9.14. The molecule has 0 radical (unpaired) electrons. The van der Waals surface area contributed by atoms with E-state index in [2.05, 4.69) is 15.1 Å². The molecule has 0 N–H and O–H groups in total. The van der Waals surface area contributed by atoms with Gasteiger partial charge in [0, 0.05) is 17.7 Å². The highest BCUT2D eigenvalue weighted by Crippen LogP contribution is 2.41. The van der Waals surface area contributed by atoms with Gasteiger partial charge in [-0.25, -0.2) is 9.98 Å². The second kappa shape index (κ2) is 7.36. The molecule has 0 bridgehead atoms. The summed E-state index contributed by atoms with van der Waals surface area (Å²) >= 11 is 0. The normalized spacial score (nSPS) is 15.1. The smallest absolute Gasteiger partial charge is 0.258 e. The van der Waals surface area contributed by atoms with Crippen LogP contribution in [0.25, 0.3) is 10.9 Å². The van der Waals surface area contributed by atoms with Crippen molar-refractivity contribution < 1.29 is 26.9 Å². The number of nitrogens with zero attached hydrogens (tertiary/aromatic N) is 5. The highest BCUT2D eigenvalue weighted by atomic mass is 19.4. The van der Waals surface area contributed by atoms with Gasteiger partial charge in [-0.05, 0) is 36.5 Å². The molecule has 4 rings (SSSR count). The number of nitro groups is 1. The van der Waals surface area contributed by atoms with Crippen LogP contribution < -0.4 is 0 Å². The summed E-state index contributed by atoms with van der Waals surface area (Å²) in [4.78, 5) is 18.8. The molecule has 12 heteroatoms. The van der Waals surface area contributed by atoms with Crippen molar-refractivity contribution in [3.05, 3.63) is 57.9 Å². The molecule has 2 heterocycles. The molecule has 1 aliphatic carbocycles. The van der Waals surface area contributed by atoms with Gasteiger partial charge in [0.05, 0.1) is 28.4 Å². The minimum absolute atomic E-state index is 0.0235. The lowest BCUT2D eigenvalue weighted by molar-refractivity contribution is -0.385. The second-order valence-corrected chi connectivity index (χ2v) is 7.21. The minimum atomic E-state index is -5.70. The first-order valence-electron chi connectivity index (χ1n) is 9.14. The lowest BCUT2D eigenvalue weighted by Crippen LogP contribution is -2.40. The number of fused-ring (bicyclic) bond motifs is 1. The number of alkyl halides is 5. The van der Waals surface area contributed by atoms with Crippen LogP contribution >= 0.6 is 0 Å². The van der Waals surface area contributed by atoms with Gasteiger partial charge in [-0.15, -0.1) is 0 Å². The van der Waals surface area contributed by atoms with E-state index in [1.165, 1.54) is 18.3 Å². The van der Waals surface area contributed by atoms with Gasteiger partial charge in [0.1, 0.15) is 6.54 Å². The molecule has 162 valence electrons. The van der Waals surface area contributed by atoms with Crippen molar-refractivity contribution in [2.45, 2.75) is 37.4 Å². The molecule has 2 aromatic heterocycles. The Morgan fingerprint density at radius 2 is 1.94 bits per heavy atom. The summed E-state index contributed by atoms with van der Waals surface area (Å²) in [5.41, 5.74) is 1.11. The van der Waals surface area contributed by atoms with Crippen molar-refractivity contribution in [3.8, 4) is 0 Å². The average Bonchev–Trinajstić information content (AvgIpc) is 3.47. The Hall–Kier alpha value is -3.44. The predicted octanol–water partition coefficient (Wildman–Crippen LogP) is 5.17. The van der Waals surface area contributed by atoms with E-state index in [9.17, 15) is 32.1 Å². The summed E-state index contributed by atoms with van der Waals surface area (Å²) in [7, 11) is 0. The molecule has 0 aliphatic heterocycles. The van der Waals surface area contributed by atoms with Gasteiger partial charge < -0.3 is 0 Å². The molecular weight excluding hydrogens is 425 g/mol. The maximum Gasteiger partial charge on any atom is 0.455 e. The van der Waals surface area contributed by atoms with Gasteiger partial charge in [-0.1, -0.05) is 6.07 Å².